The van der Waals surface area contributed by atoms with E-state index in [4.69, 9.17) is 5.73 Å². The zero-order chi connectivity index (χ0) is 20.1. The zero-order valence-corrected chi connectivity index (χ0v) is 17.3. The predicted octanol–water partition coefficient (Wildman–Crippen LogP) is 6.79. The molecule has 0 bridgehead atoms. The van der Waals surface area contributed by atoms with Crippen molar-refractivity contribution in [2.75, 3.05) is 0 Å². The standard InChI is InChI=1S/C27H25NS/c1-21(28)22-17-19-26(20-18-22)29-27(23-11-5-2-6-12-23,24-13-7-3-8-14-24)25-15-9-4-10-16-25/h2-21H,28H2,1H3. The third kappa shape index (κ3) is 4.00. The van der Waals surface area contributed by atoms with Crippen LogP contribution in [0.5, 0.6) is 0 Å². The highest BCUT2D eigenvalue weighted by Crippen LogP contribution is 2.51. The lowest BCUT2D eigenvalue weighted by atomic mass is 9.84. The quantitative estimate of drug-likeness (QED) is 0.287. The van der Waals surface area contributed by atoms with Crippen molar-refractivity contribution in [3.63, 3.8) is 0 Å². The molecule has 0 aliphatic heterocycles. The Labute approximate surface area is 177 Å². The van der Waals surface area contributed by atoms with Gasteiger partial charge in [0.25, 0.3) is 0 Å². The van der Waals surface area contributed by atoms with Gasteiger partial charge >= 0.3 is 0 Å². The Kier molecular flexibility index (Phi) is 5.84. The van der Waals surface area contributed by atoms with Gasteiger partial charge in [-0.2, -0.15) is 0 Å². The summed E-state index contributed by atoms with van der Waals surface area (Å²) in [5.74, 6) is 0. The van der Waals surface area contributed by atoms with Crippen molar-refractivity contribution in [1.29, 1.82) is 0 Å². The number of hydrogen-bond acceptors (Lipinski definition) is 2. The predicted molar refractivity (Wildman–Crippen MR) is 124 cm³/mol. The molecule has 0 aromatic heterocycles. The Hall–Kier alpha value is -2.81. The molecule has 2 N–H and O–H groups in total. The Morgan fingerprint density at radius 2 is 0.966 bits per heavy atom. The van der Waals surface area contributed by atoms with Crippen molar-refractivity contribution < 1.29 is 0 Å². The molecule has 4 rings (SSSR count). The van der Waals surface area contributed by atoms with Crippen molar-refractivity contribution in [2.45, 2.75) is 22.6 Å². The largest absolute Gasteiger partial charge is 0.324 e. The van der Waals surface area contributed by atoms with E-state index >= 15 is 0 Å². The third-order valence-electron chi connectivity index (χ3n) is 5.22. The summed E-state index contributed by atoms with van der Waals surface area (Å²) in [7, 11) is 0. The van der Waals surface area contributed by atoms with Gasteiger partial charge in [-0.3, -0.25) is 0 Å². The monoisotopic (exact) mass is 395 g/mol. The van der Waals surface area contributed by atoms with Gasteiger partial charge in [0.05, 0.1) is 4.75 Å². The summed E-state index contributed by atoms with van der Waals surface area (Å²) in [5.41, 5.74) is 11.0. The summed E-state index contributed by atoms with van der Waals surface area (Å²) in [6.07, 6.45) is 0. The van der Waals surface area contributed by atoms with Crippen LogP contribution in [0.25, 0.3) is 0 Å². The molecule has 1 atom stereocenters. The summed E-state index contributed by atoms with van der Waals surface area (Å²) in [6, 6.07) is 41.0. The highest BCUT2D eigenvalue weighted by Gasteiger charge is 2.37. The molecule has 0 aliphatic rings. The van der Waals surface area contributed by atoms with E-state index in [1.54, 1.807) is 0 Å². The minimum atomic E-state index is -0.348. The van der Waals surface area contributed by atoms with Crippen molar-refractivity contribution in [3.05, 3.63) is 138 Å². The number of thioether (sulfide) groups is 1. The second kappa shape index (κ2) is 8.69. The lowest BCUT2D eigenvalue weighted by Gasteiger charge is -2.35. The van der Waals surface area contributed by atoms with Crippen LogP contribution in [0.15, 0.2) is 120 Å². The van der Waals surface area contributed by atoms with Crippen molar-refractivity contribution >= 4 is 11.8 Å². The highest BCUT2D eigenvalue weighted by atomic mass is 32.2. The van der Waals surface area contributed by atoms with Gasteiger partial charge in [0.15, 0.2) is 0 Å². The molecule has 1 nitrogen and oxygen atoms in total. The van der Waals surface area contributed by atoms with Gasteiger partial charge in [0, 0.05) is 10.9 Å². The number of rotatable bonds is 6. The van der Waals surface area contributed by atoms with Gasteiger partial charge in [-0.25, -0.2) is 0 Å². The zero-order valence-electron chi connectivity index (χ0n) is 16.5. The fraction of sp³-hybridized carbons (Fsp3) is 0.111. The topological polar surface area (TPSA) is 26.0 Å². The minimum absolute atomic E-state index is 0.0381. The number of hydrogen-bond donors (Lipinski definition) is 1. The molecule has 4 aromatic rings. The van der Waals surface area contributed by atoms with Crippen LogP contribution in [0.1, 0.15) is 35.2 Å². The van der Waals surface area contributed by atoms with E-state index in [1.165, 1.54) is 21.6 Å². The molecule has 29 heavy (non-hydrogen) atoms. The molecule has 0 amide bonds. The van der Waals surface area contributed by atoms with Crippen LogP contribution in [0, 0.1) is 0 Å². The summed E-state index contributed by atoms with van der Waals surface area (Å²) < 4.78 is -0.348. The van der Waals surface area contributed by atoms with Crippen LogP contribution in [0.4, 0.5) is 0 Å². The normalized spacial score (nSPS) is 12.5. The molecule has 1 unspecified atom stereocenters. The van der Waals surface area contributed by atoms with Crippen LogP contribution in [-0.2, 0) is 4.75 Å². The average Bonchev–Trinajstić information content (AvgIpc) is 2.79. The van der Waals surface area contributed by atoms with Gasteiger partial charge in [-0.15, -0.1) is 11.8 Å². The van der Waals surface area contributed by atoms with E-state index in [2.05, 4.69) is 115 Å². The Bertz CT molecular complexity index is 929. The van der Waals surface area contributed by atoms with Crippen molar-refractivity contribution in [3.8, 4) is 0 Å². The number of nitrogens with two attached hydrogens (primary N) is 1. The Morgan fingerprint density at radius 1 is 0.586 bits per heavy atom. The van der Waals surface area contributed by atoms with E-state index in [0.717, 1.165) is 5.56 Å². The summed E-state index contributed by atoms with van der Waals surface area (Å²) in [6.45, 7) is 2.02. The first-order valence-electron chi connectivity index (χ1n) is 9.91. The molecular weight excluding hydrogens is 370 g/mol. The van der Waals surface area contributed by atoms with Crippen LogP contribution in [-0.4, -0.2) is 0 Å². The molecular formula is C27H25NS. The fourth-order valence-electron chi connectivity index (χ4n) is 3.71. The fourth-order valence-corrected chi connectivity index (χ4v) is 5.10. The molecule has 0 fully saturated rings. The second-order valence-electron chi connectivity index (χ2n) is 7.24. The molecule has 144 valence electrons. The molecule has 0 heterocycles. The van der Waals surface area contributed by atoms with Crippen LogP contribution in [0.3, 0.4) is 0 Å². The van der Waals surface area contributed by atoms with E-state index in [9.17, 15) is 0 Å². The Morgan fingerprint density at radius 3 is 1.31 bits per heavy atom. The SMILES string of the molecule is CC(N)c1ccc(SC(c2ccccc2)(c2ccccc2)c2ccccc2)cc1. The Balaban J connectivity index is 1.92. The minimum Gasteiger partial charge on any atom is -0.324 e. The maximum absolute atomic E-state index is 6.06. The van der Waals surface area contributed by atoms with E-state index < -0.39 is 0 Å². The van der Waals surface area contributed by atoms with E-state index in [0.29, 0.717) is 0 Å². The van der Waals surface area contributed by atoms with Crippen molar-refractivity contribution in [2.24, 2.45) is 5.73 Å². The molecule has 2 heteroatoms. The maximum Gasteiger partial charge on any atom is 0.0954 e. The molecule has 0 saturated heterocycles. The molecule has 4 aromatic carbocycles. The van der Waals surface area contributed by atoms with Gasteiger partial charge in [0.2, 0.25) is 0 Å². The van der Waals surface area contributed by atoms with Crippen LogP contribution >= 0.6 is 11.8 Å². The number of benzene rings is 4. The summed E-state index contributed by atoms with van der Waals surface area (Å²) in [5, 5.41) is 0. The molecule has 0 saturated carbocycles. The summed E-state index contributed by atoms with van der Waals surface area (Å²) in [4.78, 5) is 1.21. The van der Waals surface area contributed by atoms with E-state index in [1.807, 2.05) is 18.7 Å². The van der Waals surface area contributed by atoms with E-state index in [-0.39, 0.29) is 10.8 Å². The third-order valence-corrected chi connectivity index (χ3v) is 6.74. The van der Waals surface area contributed by atoms with Gasteiger partial charge in [-0.1, -0.05) is 103 Å². The maximum atomic E-state index is 6.06. The van der Waals surface area contributed by atoms with Gasteiger partial charge in [-0.05, 0) is 41.3 Å². The van der Waals surface area contributed by atoms with Gasteiger partial charge in [0.1, 0.15) is 0 Å². The molecule has 0 radical (unpaired) electrons. The summed E-state index contributed by atoms with van der Waals surface area (Å²) >= 11 is 1.88. The molecule has 0 aliphatic carbocycles. The average molecular weight is 396 g/mol. The first-order valence-corrected chi connectivity index (χ1v) is 10.7. The highest BCUT2D eigenvalue weighted by molar-refractivity contribution is 8.00. The first-order chi connectivity index (χ1) is 14.2. The molecule has 0 spiro atoms. The van der Waals surface area contributed by atoms with Crippen LogP contribution < -0.4 is 5.73 Å². The lowest BCUT2D eigenvalue weighted by molar-refractivity contribution is 0.816. The lowest BCUT2D eigenvalue weighted by Crippen LogP contribution is -2.25. The van der Waals surface area contributed by atoms with Crippen LogP contribution in [0.2, 0.25) is 0 Å². The smallest absolute Gasteiger partial charge is 0.0954 e. The van der Waals surface area contributed by atoms with Crippen molar-refractivity contribution in [1.82, 2.24) is 0 Å². The second-order valence-corrected chi connectivity index (χ2v) is 8.53. The first kappa shape index (κ1) is 19.5. The van der Waals surface area contributed by atoms with Gasteiger partial charge < -0.3 is 5.73 Å².